The summed E-state index contributed by atoms with van der Waals surface area (Å²) in [4.78, 5) is 12.1. The molecule has 0 radical (unpaired) electrons. The number of benzene rings is 1. The maximum atomic E-state index is 12.1. The number of nitrogens with two attached hydrogens (primary N) is 1. The maximum absolute atomic E-state index is 12.1. The number of aromatic nitrogens is 2. The molecule has 1 aromatic carbocycles. The van der Waals surface area contributed by atoms with E-state index < -0.39 is 0 Å². The summed E-state index contributed by atoms with van der Waals surface area (Å²) in [6, 6.07) is 5.37. The molecule has 2 aromatic rings. The Bertz CT molecular complexity index is 663. The molecule has 0 saturated carbocycles. The van der Waals surface area contributed by atoms with Gasteiger partial charge < -0.3 is 11.1 Å². The van der Waals surface area contributed by atoms with Crippen LogP contribution in [0.1, 0.15) is 17.0 Å². The van der Waals surface area contributed by atoms with Crippen LogP contribution >= 0.6 is 11.6 Å². The van der Waals surface area contributed by atoms with Crippen LogP contribution < -0.4 is 11.1 Å². The highest BCUT2D eigenvalue weighted by Gasteiger charge is 2.12. The fourth-order valence-corrected chi connectivity index (χ4v) is 2.09. The monoisotopic (exact) mass is 292 g/mol. The number of nitrogens with zero attached hydrogens (tertiary/aromatic N) is 2. The second kappa shape index (κ2) is 5.54. The third-order valence-corrected chi connectivity index (χ3v) is 3.44. The topological polar surface area (TPSA) is 72.9 Å². The van der Waals surface area contributed by atoms with Gasteiger partial charge in [0.15, 0.2) is 0 Å². The number of nitrogens with one attached hydrogen (secondary N) is 1. The van der Waals surface area contributed by atoms with E-state index in [-0.39, 0.29) is 12.5 Å². The highest BCUT2D eigenvalue weighted by molar-refractivity contribution is 6.31. The quantitative estimate of drug-likeness (QED) is 0.913. The van der Waals surface area contributed by atoms with Gasteiger partial charge in [0.1, 0.15) is 6.54 Å². The number of carbonyl (C=O) groups is 1. The predicted octanol–water partition coefficient (Wildman–Crippen LogP) is 2.68. The van der Waals surface area contributed by atoms with Crippen molar-refractivity contribution in [2.24, 2.45) is 0 Å². The minimum atomic E-state index is -0.166. The number of aryl methyl sites for hydroxylation is 2. The molecule has 0 aliphatic rings. The van der Waals surface area contributed by atoms with E-state index >= 15 is 0 Å². The van der Waals surface area contributed by atoms with Crippen molar-refractivity contribution in [1.29, 1.82) is 0 Å². The van der Waals surface area contributed by atoms with Crippen LogP contribution in [0.3, 0.4) is 0 Å². The number of carbonyl (C=O) groups excluding carboxylic acids is 1. The Labute approximate surface area is 122 Å². The highest BCUT2D eigenvalue weighted by Crippen LogP contribution is 2.20. The number of anilines is 2. The van der Waals surface area contributed by atoms with E-state index in [0.29, 0.717) is 16.4 Å². The predicted molar refractivity (Wildman–Crippen MR) is 80.9 cm³/mol. The summed E-state index contributed by atoms with van der Waals surface area (Å²) in [7, 11) is 0. The summed E-state index contributed by atoms with van der Waals surface area (Å²) in [6.07, 6.45) is 0. The number of halogens is 1. The van der Waals surface area contributed by atoms with E-state index in [1.165, 1.54) is 0 Å². The average molecular weight is 293 g/mol. The van der Waals surface area contributed by atoms with Gasteiger partial charge >= 0.3 is 0 Å². The minimum absolute atomic E-state index is 0.121. The van der Waals surface area contributed by atoms with Crippen molar-refractivity contribution in [3.8, 4) is 0 Å². The molecular formula is C14H17ClN4O. The Hall–Kier alpha value is -2.01. The Kier molecular flexibility index (Phi) is 3.99. The zero-order chi connectivity index (χ0) is 14.9. The van der Waals surface area contributed by atoms with Crippen LogP contribution in [0.25, 0.3) is 0 Å². The van der Waals surface area contributed by atoms with Crippen molar-refractivity contribution in [3.63, 3.8) is 0 Å². The van der Waals surface area contributed by atoms with Crippen LogP contribution in [-0.4, -0.2) is 15.7 Å². The SMILES string of the molecule is Cc1ccc(Cl)cc1NC(=O)Cn1nc(C)c(N)c1C. The molecule has 2 rings (SSSR count). The van der Waals surface area contributed by atoms with E-state index in [0.717, 1.165) is 17.0 Å². The van der Waals surface area contributed by atoms with E-state index in [9.17, 15) is 4.79 Å². The molecule has 1 amide bonds. The second-order valence-corrected chi connectivity index (χ2v) is 5.19. The maximum Gasteiger partial charge on any atom is 0.246 e. The van der Waals surface area contributed by atoms with Crippen LogP contribution in [-0.2, 0) is 11.3 Å². The molecule has 0 spiro atoms. The van der Waals surface area contributed by atoms with Gasteiger partial charge in [-0.2, -0.15) is 5.10 Å². The van der Waals surface area contributed by atoms with E-state index in [2.05, 4.69) is 10.4 Å². The van der Waals surface area contributed by atoms with Crippen molar-refractivity contribution < 1.29 is 4.79 Å². The minimum Gasteiger partial charge on any atom is -0.396 e. The summed E-state index contributed by atoms with van der Waals surface area (Å²) in [6.45, 7) is 5.69. The largest absolute Gasteiger partial charge is 0.396 e. The van der Waals surface area contributed by atoms with Crippen LogP contribution in [0.2, 0.25) is 5.02 Å². The normalized spacial score (nSPS) is 10.6. The van der Waals surface area contributed by atoms with Crippen LogP contribution in [0.15, 0.2) is 18.2 Å². The number of hydrogen-bond acceptors (Lipinski definition) is 3. The first-order valence-electron chi connectivity index (χ1n) is 6.24. The Morgan fingerprint density at radius 2 is 2.10 bits per heavy atom. The molecular weight excluding hydrogens is 276 g/mol. The smallest absolute Gasteiger partial charge is 0.246 e. The van der Waals surface area contributed by atoms with Gasteiger partial charge in [-0.15, -0.1) is 0 Å². The molecule has 0 atom stereocenters. The number of rotatable bonds is 3. The first-order chi connectivity index (χ1) is 9.38. The molecule has 5 nitrogen and oxygen atoms in total. The molecule has 0 unspecified atom stereocenters. The lowest BCUT2D eigenvalue weighted by atomic mass is 10.2. The van der Waals surface area contributed by atoms with Gasteiger partial charge in [0, 0.05) is 10.7 Å². The molecule has 1 heterocycles. The lowest BCUT2D eigenvalue weighted by molar-refractivity contribution is -0.116. The first kappa shape index (κ1) is 14.4. The fourth-order valence-electron chi connectivity index (χ4n) is 1.92. The van der Waals surface area contributed by atoms with Gasteiger partial charge in [-0.25, -0.2) is 0 Å². The average Bonchev–Trinajstić information content (AvgIpc) is 2.61. The Balaban J connectivity index is 2.13. The summed E-state index contributed by atoms with van der Waals surface area (Å²) in [5.74, 6) is -0.166. The standard InChI is InChI=1S/C14H17ClN4O/c1-8-4-5-11(15)6-12(8)17-13(20)7-19-10(3)14(16)9(2)18-19/h4-6H,7,16H2,1-3H3,(H,17,20). The second-order valence-electron chi connectivity index (χ2n) is 4.75. The molecule has 20 heavy (non-hydrogen) atoms. The van der Waals surface area contributed by atoms with Gasteiger partial charge in [0.05, 0.1) is 17.1 Å². The Morgan fingerprint density at radius 3 is 2.70 bits per heavy atom. The molecule has 0 fully saturated rings. The number of nitrogen functional groups attached to an aromatic ring is 1. The molecule has 0 aliphatic heterocycles. The van der Waals surface area contributed by atoms with Crippen molar-refractivity contribution in [3.05, 3.63) is 40.2 Å². The third-order valence-electron chi connectivity index (χ3n) is 3.20. The van der Waals surface area contributed by atoms with Crippen molar-refractivity contribution in [1.82, 2.24) is 9.78 Å². The van der Waals surface area contributed by atoms with Crippen molar-refractivity contribution >= 4 is 28.9 Å². The molecule has 6 heteroatoms. The third kappa shape index (κ3) is 2.93. The molecule has 3 N–H and O–H groups in total. The van der Waals surface area contributed by atoms with Gasteiger partial charge in [-0.05, 0) is 38.5 Å². The molecule has 0 aliphatic carbocycles. The van der Waals surface area contributed by atoms with Crippen LogP contribution in [0.5, 0.6) is 0 Å². The van der Waals surface area contributed by atoms with Gasteiger partial charge in [0.25, 0.3) is 0 Å². The van der Waals surface area contributed by atoms with E-state index in [4.69, 9.17) is 17.3 Å². The lowest BCUT2D eigenvalue weighted by Crippen LogP contribution is -2.20. The van der Waals surface area contributed by atoms with Gasteiger partial charge in [-0.1, -0.05) is 17.7 Å². The Morgan fingerprint density at radius 1 is 1.40 bits per heavy atom. The van der Waals surface area contributed by atoms with Gasteiger partial charge in [-0.3, -0.25) is 9.48 Å². The van der Waals surface area contributed by atoms with Crippen molar-refractivity contribution in [2.75, 3.05) is 11.1 Å². The van der Waals surface area contributed by atoms with Crippen LogP contribution in [0.4, 0.5) is 11.4 Å². The molecule has 1 aromatic heterocycles. The summed E-state index contributed by atoms with van der Waals surface area (Å²) in [5, 5.41) is 7.65. The first-order valence-corrected chi connectivity index (χ1v) is 6.61. The number of hydrogen-bond donors (Lipinski definition) is 2. The molecule has 106 valence electrons. The summed E-state index contributed by atoms with van der Waals surface area (Å²) < 4.78 is 1.60. The summed E-state index contributed by atoms with van der Waals surface area (Å²) >= 11 is 5.92. The van der Waals surface area contributed by atoms with E-state index in [1.54, 1.807) is 16.8 Å². The van der Waals surface area contributed by atoms with Crippen LogP contribution in [0, 0.1) is 20.8 Å². The summed E-state index contributed by atoms with van der Waals surface area (Å²) in [5.41, 5.74) is 9.65. The van der Waals surface area contributed by atoms with E-state index in [1.807, 2.05) is 26.8 Å². The zero-order valence-electron chi connectivity index (χ0n) is 11.7. The molecule has 0 saturated heterocycles. The zero-order valence-corrected chi connectivity index (χ0v) is 12.5. The highest BCUT2D eigenvalue weighted by atomic mass is 35.5. The lowest BCUT2D eigenvalue weighted by Gasteiger charge is -2.09. The molecule has 0 bridgehead atoms. The van der Waals surface area contributed by atoms with Gasteiger partial charge in [0.2, 0.25) is 5.91 Å². The fraction of sp³-hybridized carbons (Fsp3) is 0.286. The van der Waals surface area contributed by atoms with Crippen molar-refractivity contribution in [2.45, 2.75) is 27.3 Å². The number of amides is 1.